The van der Waals surface area contributed by atoms with Gasteiger partial charge in [0.05, 0.1) is 0 Å². The first-order chi connectivity index (χ1) is 7.37. The highest BCUT2D eigenvalue weighted by molar-refractivity contribution is 6.29. The molecule has 0 bridgehead atoms. The van der Waals surface area contributed by atoms with E-state index < -0.39 is 11.7 Å². The number of rotatable bonds is 3. The van der Waals surface area contributed by atoms with E-state index in [1.54, 1.807) is 13.8 Å². The van der Waals surface area contributed by atoms with Gasteiger partial charge >= 0.3 is 6.09 Å². The molecular formula is C9H12ClN4O2+. The van der Waals surface area contributed by atoms with E-state index in [2.05, 4.69) is 27.7 Å². The summed E-state index contributed by atoms with van der Waals surface area (Å²) in [5.74, 6) is 0.360. The minimum absolute atomic E-state index is 0.269. The quantitative estimate of drug-likeness (QED) is 0.481. The fraction of sp³-hybridized carbons (Fsp3) is 0.333. The molecule has 16 heavy (non-hydrogen) atoms. The molecule has 0 unspecified atom stereocenters. The number of amides is 1. The van der Waals surface area contributed by atoms with Gasteiger partial charge in [0.2, 0.25) is 5.60 Å². The molecule has 0 aliphatic heterocycles. The summed E-state index contributed by atoms with van der Waals surface area (Å²) in [5, 5.41) is 0.269. The number of anilines is 1. The van der Waals surface area contributed by atoms with Crippen LogP contribution < -0.4 is 10.9 Å². The van der Waals surface area contributed by atoms with Crippen LogP contribution in [0.25, 0.3) is 0 Å². The summed E-state index contributed by atoms with van der Waals surface area (Å²) in [6.07, 6.45) is 0.609. The van der Waals surface area contributed by atoms with Gasteiger partial charge in [0.1, 0.15) is 24.2 Å². The highest BCUT2D eigenvalue weighted by Crippen LogP contribution is 2.08. The smallest absolute Gasteiger partial charge is 0.402 e. The predicted octanol–water partition coefficient (Wildman–Crippen LogP) is 1.80. The standard InChI is InChI=1S/C9H11ClN4O2/c1-9(2,3)16-8(15)14-13-7-4-6(10)11-5-12-7/h4-5H,1H2,2-3H3,(H-,11,12,13,14,15)/p+1. The van der Waals surface area contributed by atoms with Crippen LogP contribution in [-0.4, -0.2) is 21.7 Å². The maximum atomic E-state index is 11.2. The first kappa shape index (κ1) is 12.4. The van der Waals surface area contributed by atoms with Gasteiger partial charge in [-0.2, -0.15) is 0 Å². The summed E-state index contributed by atoms with van der Waals surface area (Å²) in [7, 11) is 0. The molecule has 0 aliphatic rings. The van der Waals surface area contributed by atoms with Gasteiger partial charge in [-0.05, 0) is 0 Å². The van der Waals surface area contributed by atoms with Crippen LogP contribution in [0, 0.1) is 6.92 Å². The average molecular weight is 244 g/mol. The molecule has 1 heterocycles. The molecule has 1 aromatic rings. The van der Waals surface area contributed by atoms with Crippen molar-refractivity contribution in [3.8, 4) is 0 Å². The Kier molecular flexibility index (Phi) is 3.78. The van der Waals surface area contributed by atoms with Crippen LogP contribution in [0.2, 0.25) is 5.15 Å². The molecule has 7 heteroatoms. The third kappa shape index (κ3) is 4.70. The van der Waals surface area contributed by atoms with Crippen molar-refractivity contribution in [3.05, 3.63) is 24.5 Å². The zero-order valence-corrected chi connectivity index (χ0v) is 9.71. The second kappa shape index (κ2) is 4.89. The lowest BCUT2D eigenvalue weighted by atomic mass is 10.2. The zero-order chi connectivity index (χ0) is 12.2. The monoisotopic (exact) mass is 243 g/mol. The molecule has 1 rings (SSSR count). The van der Waals surface area contributed by atoms with Crippen LogP contribution in [0.15, 0.2) is 12.4 Å². The highest BCUT2D eigenvalue weighted by Gasteiger charge is 2.23. The summed E-state index contributed by atoms with van der Waals surface area (Å²) in [4.78, 5) is 18.7. The van der Waals surface area contributed by atoms with E-state index in [-0.39, 0.29) is 5.15 Å². The molecule has 2 N–H and O–H groups in total. The minimum Gasteiger partial charge on any atom is -0.402 e. The number of aromatic nitrogens is 2. The molecule has 0 aliphatic carbocycles. The topological polar surface area (TPSA) is 76.1 Å². The van der Waals surface area contributed by atoms with Gasteiger partial charge < -0.3 is 4.74 Å². The molecule has 0 fully saturated rings. The summed E-state index contributed by atoms with van der Waals surface area (Å²) in [6, 6.07) is 1.46. The van der Waals surface area contributed by atoms with Crippen molar-refractivity contribution >= 4 is 23.5 Å². The zero-order valence-electron chi connectivity index (χ0n) is 8.95. The SMILES string of the molecule is [CH2+]C(C)(C)OC(=O)NNc1cc(Cl)ncn1. The highest BCUT2D eigenvalue weighted by atomic mass is 35.5. The Morgan fingerprint density at radius 3 is 2.81 bits per heavy atom. The van der Waals surface area contributed by atoms with Gasteiger partial charge in [0.25, 0.3) is 0 Å². The summed E-state index contributed by atoms with van der Waals surface area (Å²) in [6.45, 7) is 6.94. The number of hydrogen-bond acceptors (Lipinski definition) is 5. The van der Waals surface area contributed by atoms with Crippen molar-refractivity contribution in [2.75, 3.05) is 5.43 Å². The molecule has 1 aromatic heterocycles. The number of halogens is 1. The summed E-state index contributed by atoms with van der Waals surface area (Å²) in [5.41, 5.74) is 4.01. The lowest BCUT2D eigenvalue weighted by Gasteiger charge is -2.14. The fourth-order valence-corrected chi connectivity index (χ4v) is 0.940. The third-order valence-electron chi connectivity index (χ3n) is 1.30. The molecular weight excluding hydrogens is 232 g/mol. The number of ether oxygens (including phenoxy) is 1. The first-order valence-electron chi connectivity index (χ1n) is 4.45. The Morgan fingerprint density at radius 1 is 1.56 bits per heavy atom. The molecule has 0 radical (unpaired) electrons. The number of carbonyl (C=O) groups excluding carboxylic acids is 1. The van der Waals surface area contributed by atoms with Crippen LogP contribution in [0.4, 0.5) is 10.6 Å². The summed E-state index contributed by atoms with van der Waals surface area (Å²) >= 11 is 5.62. The number of nitrogens with zero attached hydrogens (tertiary/aromatic N) is 2. The predicted molar refractivity (Wildman–Crippen MR) is 59.7 cm³/mol. The van der Waals surface area contributed by atoms with E-state index in [0.29, 0.717) is 5.82 Å². The van der Waals surface area contributed by atoms with Crippen molar-refractivity contribution < 1.29 is 9.53 Å². The Labute approximate surface area is 98.3 Å². The van der Waals surface area contributed by atoms with Gasteiger partial charge in [-0.15, -0.1) is 0 Å². The lowest BCUT2D eigenvalue weighted by Crippen LogP contribution is -2.36. The maximum Gasteiger partial charge on any atom is 0.429 e. The Hall–Kier alpha value is -1.69. The summed E-state index contributed by atoms with van der Waals surface area (Å²) < 4.78 is 4.89. The van der Waals surface area contributed by atoms with Crippen molar-refractivity contribution in [1.29, 1.82) is 0 Å². The first-order valence-corrected chi connectivity index (χ1v) is 4.82. The van der Waals surface area contributed by atoms with Crippen molar-refractivity contribution in [1.82, 2.24) is 15.4 Å². The van der Waals surface area contributed by atoms with E-state index in [0.717, 1.165) is 0 Å². The lowest BCUT2D eigenvalue weighted by molar-refractivity contribution is 0.0718. The largest absolute Gasteiger partial charge is 0.429 e. The third-order valence-corrected chi connectivity index (χ3v) is 1.50. The Morgan fingerprint density at radius 2 is 2.25 bits per heavy atom. The second-order valence-corrected chi connectivity index (χ2v) is 4.01. The average Bonchev–Trinajstić information content (AvgIpc) is 2.12. The molecule has 0 aromatic carbocycles. The van der Waals surface area contributed by atoms with Crippen molar-refractivity contribution in [3.63, 3.8) is 0 Å². The number of hydrazine groups is 1. The van der Waals surface area contributed by atoms with Gasteiger partial charge in [-0.1, -0.05) is 11.6 Å². The van der Waals surface area contributed by atoms with E-state index >= 15 is 0 Å². The van der Waals surface area contributed by atoms with E-state index in [1.165, 1.54) is 12.4 Å². The molecule has 0 saturated carbocycles. The number of nitrogens with one attached hydrogen (secondary N) is 2. The number of carbonyl (C=O) groups is 1. The van der Waals surface area contributed by atoms with Crippen LogP contribution in [-0.2, 0) is 4.74 Å². The molecule has 6 nitrogen and oxygen atoms in total. The number of hydrogen-bond donors (Lipinski definition) is 2. The molecule has 0 atom stereocenters. The molecule has 86 valence electrons. The minimum atomic E-state index is -0.797. The molecule has 0 saturated heterocycles. The fourth-order valence-electron chi connectivity index (χ4n) is 0.793. The van der Waals surface area contributed by atoms with E-state index in [1.807, 2.05) is 0 Å². The van der Waals surface area contributed by atoms with Crippen LogP contribution in [0.1, 0.15) is 13.8 Å². The van der Waals surface area contributed by atoms with Gasteiger partial charge in [-0.25, -0.2) is 20.2 Å². The normalized spacial score (nSPS) is 10.7. The van der Waals surface area contributed by atoms with Gasteiger partial charge in [0, 0.05) is 19.9 Å². The van der Waals surface area contributed by atoms with E-state index in [9.17, 15) is 4.79 Å². The van der Waals surface area contributed by atoms with Gasteiger partial charge in [-0.3, -0.25) is 5.43 Å². The maximum absolute atomic E-state index is 11.2. The van der Waals surface area contributed by atoms with Crippen LogP contribution in [0.5, 0.6) is 0 Å². The molecule has 1 amide bonds. The van der Waals surface area contributed by atoms with Gasteiger partial charge in [0.15, 0.2) is 0 Å². The Balaban J connectivity index is 2.43. The van der Waals surface area contributed by atoms with Crippen molar-refractivity contribution in [2.45, 2.75) is 19.4 Å². The van der Waals surface area contributed by atoms with Crippen LogP contribution >= 0.6 is 11.6 Å². The molecule has 0 spiro atoms. The Bertz CT molecular complexity index is 378. The van der Waals surface area contributed by atoms with Crippen LogP contribution in [0.3, 0.4) is 0 Å². The van der Waals surface area contributed by atoms with E-state index in [4.69, 9.17) is 16.3 Å². The van der Waals surface area contributed by atoms with Crippen molar-refractivity contribution in [2.24, 2.45) is 0 Å². The second-order valence-electron chi connectivity index (χ2n) is 3.63.